The van der Waals surface area contributed by atoms with Crippen LogP contribution < -0.4 is 0 Å². The minimum Gasteiger partial charge on any atom is -0.335 e. The predicted octanol–water partition coefficient (Wildman–Crippen LogP) is 4.77. The molecule has 0 aromatic heterocycles. The summed E-state index contributed by atoms with van der Waals surface area (Å²) in [6.07, 6.45) is 5.13. The standard InChI is InChI=1S/C27H32N2O3/c1-4-20-9-8-10-21(5-2)28(20)27(32)24(17-19-15-13-18(3)14-16-19)29-25(30)22-11-6-7-12-23(22)26(29)31/h6-7,11-16,20-21,24H,4-5,8-10,17H2,1-3H3/t20?,21?,24-/m1/s1. The Morgan fingerprint density at radius 3 is 1.94 bits per heavy atom. The number of nitrogens with zero attached hydrogens (tertiary/aromatic N) is 2. The third-order valence-corrected chi connectivity index (χ3v) is 7.03. The van der Waals surface area contributed by atoms with E-state index in [1.165, 1.54) is 4.90 Å². The topological polar surface area (TPSA) is 57.7 Å². The zero-order valence-corrected chi connectivity index (χ0v) is 19.2. The summed E-state index contributed by atoms with van der Waals surface area (Å²) in [6.45, 7) is 6.24. The average Bonchev–Trinajstić information content (AvgIpc) is 3.07. The lowest BCUT2D eigenvalue weighted by Crippen LogP contribution is -2.58. The van der Waals surface area contributed by atoms with Gasteiger partial charge in [-0.05, 0) is 56.7 Å². The van der Waals surface area contributed by atoms with Crippen molar-refractivity contribution >= 4 is 17.7 Å². The maximum absolute atomic E-state index is 14.1. The van der Waals surface area contributed by atoms with E-state index in [1.807, 2.05) is 36.1 Å². The summed E-state index contributed by atoms with van der Waals surface area (Å²) in [4.78, 5) is 44.0. The van der Waals surface area contributed by atoms with E-state index in [9.17, 15) is 14.4 Å². The molecular weight excluding hydrogens is 400 g/mol. The molecule has 0 bridgehead atoms. The quantitative estimate of drug-likeness (QED) is 0.618. The van der Waals surface area contributed by atoms with Crippen LogP contribution >= 0.6 is 0 Å². The molecule has 2 unspecified atom stereocenters. The molecule has 2 aromatic rings. The lowest BCUT2D eigenvalue weighted by molar-refractivity contribution is -0.143. The molecule has 3 atom stereocenters. The van der Waals surface area contributed by atoms with Crippen LogP contribution in [0.1, 0.15) is 77.8 Å². The second-order valence-corrected chi connectivity index (χ2v) is 9.03. The van der Waals surface area contributed by atoms with Gasteiger partial charge in [-0.2, -0.15) is 0 Å². The summed E-state index contributed by atoms with van der Waals surface area (Å²) >= 11 is 0. The molecule has 1 fully saturated rings. The van der Waals surface area contributed by atoms with Gasteiger partial charge in [-0.3, -0.25) is 19.3 Å². The van der Waals surface area contributed by atoms with Gasteiger partial charge in [0.25, 0.3) is 11.8 Å². The molecular formula is C27H32N2O3. The Morgan fingerprint density at radius 1 is 0.906 bits per heavy atom. The first-order valence-corrected chi connectivity index (χ1v) is 11.8. The van der Waals surface area contributed by atoms with Crippen molar-refractivity contribution in [3.8, 4) is 0 Å². The van der Waals surface area contributed by atoms with E-state index in [2.05, 4.69) is 13.8 Å². The Kier molecular flexibility index (Phi) is 6.45. The molecule has 3 amide bonds. The van der Waals surface area contributed by atoms with Crippen LogP contribution in [0.15, 0.2) is 48.5 Å². The SMILES string of the molecule is CCC1CCCC(CC)N1C(=O)[C@@H](Cc1ccc(C)cc1)N1C(=O)c2ccccc2C1=O. The molecule has 0 spiro atoms. The Labute approximate surface area is 190 Å². The van der Waals surface area contributed by atoms with E-state index in [0.717, 1.165) is 43.2 Å². The second kappa shape index (κ2) is 9.27. The summed E-state index contributed by atoms with van der Waals surface area (Å²) in [6, 6.07) is 14.3. The van der Waals surface area contributed by atoms with Gasteiger partial charge < -0.3 is 4.90 Å². The van der Waals surface area contributed by atoms with E-state index in [-0.39, 0.29) is 29.8 Å². The molecule has 2 aromatic carbocycles. The molecule has 168 valence electrons. The number of carbonyl (C=O) groups excluding carboxylic acids is 3. The first-order valence-electron chi connectivity index (χ1n) is 11.8. The van der Waals surface area contributed by atoms with Gasteiger partial charge in [0.05, 0.1) is 11.1 Å². The molecule has 32 heavy (non-hydrogen) atoms. The van der Waals surface area contributed by atoms with Crippen molar-refractivity contribution in [2.24, 2.45) is 0 Å². The highest BCUT2D eigenvalue weighted by atomic mass is 16.2. The number of fused-ring (bicyclic) bond motifs is 1. The number of amides is 3. The predicted molar refractivity (Wildman–Crippen MR) is 124 cm³/mol. The van der Waals surface area contributed by atoms with Crippen molar-refractivity contribution < 1.29 is 14.4 Å². The molecule has 4 rings (SSSR count). The van der Waals surface area contributed by atoms with Gasteiger partial charge in [0.1, 0.15) is 6.04 Å². The summed E-state index contributed by atoms with van der Waals surface area (Å²) in [5, 5.41) is 0. The molecule has 0 aliphatic carbocycles. The zero-order chi connectivity index (χ0) is 22.8. The van der Waals surface area contributed by atoms with Crippen LogP contribution in [0.2, 0.25) is 0 Å². The maximum Gasteiger partial charge on any atom is 0.262 e. The second-order valence-electron chi connectivity index (χ2n) is 9.03. The van der Waals surface area contributed by atoms with Gasteiger partial charge in [0.2, 0.25) is 5.91 Å². The van der Waals surface area contributed by atoms with Crippen molar-refractivity contribution in [3.63, 3.8) is 0 Å². The minimum atomic E-state index is -0.841. The van der Waals surface area contributed by atoms with Crippen LogP contribution in [0, 0.1) is 6.92 Å². The molecule has 0 radical (unpaired) electrons. The van der Waals surface area contributed by atoms with Crippen molar-refractivity contribution in [1.82, 2.24) is 9.80 Å². The molecule has 0 saturated carbocycles. The Hall–Kier alpha value is -2.95. The van der Waals surface area contributed by atoms with Crippen molar-refractivity contribution in [3.05, 3.63) is 70.8 Å². The zero-order valence-electron chi connectivity index (χ0n) is 19.2. The number of likely N-dealkylation sites (tertiary alicyclic amines) is 1. The molecule has 2 aliphatic rings. The highest BCUT2D eigenvalue weighted by Gasteiger charge is 2.46. The molecule has 0 N–H and O–H groups in total. The Morgan fingerprint density at radius 2 is 1.44 bits per heavy atom. The summed E-state index contributed by atoms with van der Waals surface area (Å²) in [7, 11) is 0. The third kappa shape index (κ3) is 3.96. The third-order valence-electron chi connectivity index (χ3n) is 7.03. The van der Waals surface area contributed by atoms with E-state index in [1.54, 1.807) is 24.3 Å². The maximum atomic E-state index is 14.1. The van der Waals surface area contributed by atoms with Gasteiger partial charge in [-0.25, -0.2) is 0 Å². The molecule has 1 saturated heterocycles. The van der Waals surface area contributed by atoms with Gasteiger partial charge in [0, 0.05) is 18.5 Å². The number of piperidine rings is 1. The fourth-order valence-electron chi connectivity index (χ4n) is 5.23. The van der Waals surface area contributed by atoms with Crippen LogP contribution in [-0.4, -0.2) is 45.6 Å². The molecule has 5 nitrogen and oxygen atoms in total. The van der Waals surface area contributed by atoms with Gasteiger partial charge in [-0.15, -0.1) is 0 Å². The minimum absolute atomic E-state index is 0.0986. The van der Waals surface area contributed by atoms with E-state index in [4.69, 9.17) is 0 Å². The first kappa shape index (κ1) is 22.3. The van der Waals surface area contributed by atoms with E-state index < -0.39 is 6.04 Å². The Bertz CT molecular complexity index is 967. The molecule has 5 heteroatoms. The smallest absolute Gasteiger partial charge is 0.262 e. The number of carbonyl (C=O) groups is 3. The van der Waals surface area contributed by atoms with E-state index in [0.29, 0.717) is 17.5 Å². The van der Waals surface area contributed by atoms with Crippen molar-refractivity contribution in [2.75, 3.05) is 0 Å². The number of imide groups is 1. The first-order chi connectivity index (χ1) is 15.5. The van der Waals surface area contributed by atoms with Gasteiger partial charge >= 0.3 is 0 Å². The highest BCUT2D eigenvalue weighted by molar-refractivity contribution is 6.22. The van der Waals surface area contributed by atoms with Crippen LogP contribution in [0.3, 0.4) is 0 Å². The lowest BCUT2D eigenvalue weighted by atomic mass is 9.90. The average molecular weight is 433 g/mol. The van der Waals surface area contributed by atoms with Crippen molar-refractivity contribution in [2.45, 2.75) is 77.4 Å². The Balaban J connectivity index is 1.74. The lowest BCUT2D eigenvalue weighted by Gasteiger charge is -2.44. The number of benzene rings is 2. The number of hydrogen-bond acceptors (Lipinski definition) is 3. The molecule has 2 heterocycles. The monoisotopic (exact) mass is 432 g/mol. The van der Waals surface area contributed by atoms with Gasteiger partial charge in [0.15, 0.2) is 0 Å². The van der Waals surface area contributed by atoms with Crippen LogP contribution in [0.4, 0.5) is 0 Å². The fourth-order valence-corrected chi connectivity index (χ4v) is 5.23. The number of aryl methyl sites for hydroxylation is 1. The highest BCUT2D eigenvalue weighted by Crippen LogP contribution is 2.32. The molecule has 2 aliphatic heterocycles. The fraction of sp³-hybridized carbons (Fsp3) is 0.444. The number of rotatable bonds is 6. The summed E-state index contributed by atoms with van der Waals surface area (Å²) < 4.78 is 0. The largest absolute Gasteiger partial charge is 0.335 e. The number of hydrogen-bond donors (Lipinski definition) is 0. The normalized spacial score (nSPS) is 21.6. The van der Waals surface area contributed by atoms with E-state index >= 15 is 0 Å². The van der Waals surface area contributed by atoms with Gasteiger partial charge in [-0.1, -0.05) is 55.8 Å². The summed E-state index contributed by atoms with van der Waals surface area (Å²) in [5.74, 6) is -0.832. The van der Waals surface area contributed by atoms with Crippen molar-refractivity contribution in [1.29, 1.82) is 0 Å². The van der Waals surface area contributed by atoms with Crippen LogP contribution in [0.25, 0.3) is 0 Å². The summed E-state index contributed by atoms with van der Waals surface area (Å²) in [5.41, 5.74) is 2.85. The van der Waals surface area contributed by atoms with Crippen LogP contribution in [0.5, 0.6) is 0 Å². The van der Waals surface area contributed by atoms with Crippen LogP contribution in [-0.2, 0) is 11.2 Å².